The van der Waals surface area contributed by atoms with Crippen LogP contribution < -0.4 is 10.1 Å². The second-order valence-corrected chi connectivity index (χ2v) is 4.35. The summed E-state index contributed by atoms with van der Waals surface area (Å²) in [6.45, 7) is 7.12. The van der Waals surface area contributed by atoms with E-state index < -0.39 is 0 Å². The lowest BCUT2D eigenvalue weighted by Gasteiger charge is -2.15. The molecule has 0 aliphatic heterocycles. The Kier molecular flexibility index (Phi) is 5.67. The van der Waals surface area contributed by atoms with Crippen LogP contribution in [-0.2, 0) is 0 Å². The van der Waals surface area contributed by atoms with Crippen LogP contribution in [0.5, 0.6) is 5.75 Å². The van der Waals surface area contributed by atoms with Crippen LogP contribution in [-0.4, -0.2) is 19.2 Å². The van der Waals surface area contributed by atoms with Gasteiger partial charge < -0.3 is 10.1 Å². The first-order valence-electron chi connectivity index (χ1n) is 5.06. The summed E-state index contributed by atoms with van der Waals surface area (Å²) in [7, 11) is 0. The quantitative estimate of drug-likeness (QED) is 0.624. The highest BCUT2D eigenvalue weighted by atomic mass is 35.5. The molecule has 2 nitrogen and oxygen atoms in total. The lowest BCUT2D eigenvalue weighted by Crippen LogP contribution is -2.28. The molecule has 1 rings (SSSR count). The summed E-state index contributed by atoms with van der Waals surface area (Å²) in [5.41, 5.74) is 0. The monoisotopic (exact) mass is 259 g/mol. The van der Waals surface area contributed by atoms with Crippen LogP contribution in [0.2, 0.25) is 10.0 Å². The smallest absolute Gasteiger partial charge is 0.122 e. The number of ether oxygens (including phenoxy) is 1. The third-order valence-electron chi connectivity index (χ3n) is 1.89. The first-order valence-corrected chi connectivity index (χ1v) is 5.81. The fraction of sp³-hybridized carbons (Fsp3) is 0.333. The van der Waals surface area contributed by atoms with E-state index in [1.165, 1.54) is 0 Å². The zero-order valence-corrected chi connectivity index (χ0v) is 10.7. The van der Waals surface area contributed by atoms with E-state index in [0.29, 0.717) is 15.8 Å². The molecule has 0 fully saturated rings. The van der Waals surface area contributed by atoms with Crippen molar-refractivity contribution in [2.24, 2.45) is 0 Å². The standard InChI is InChI=1S/C12H15Cl2NO/c1-3-4-15-8-9(2)16-12-6-10(13)5-11(14)7-12/h3,5-7,9,15H,1,4,8H2,2H3. The Bertz CT molecular complexity index is 335. The summed E-state index contributed by atoms with van der Waals surface area (Å²) in [6, 6.07) is 5.17. The molecule has 1 N–H and O–H groups in total. The van der Waals surface area contributed by atoms with Crippen molar-refractivity contribution in [3.8, 4) is 5.75 Å². The van der Waals surface area contributed by atoms with Crippen molar-refractivity contribution in [2.75, 3.05) is 13.1 Å². The first-order chi connectivity index (χ1) is 7.61. The average molecular weight is 260 g/mol. The SMILES string of the molecule is C=CCNCC(C)Oc1cc(Cl)cc(Cl)c1. The minimum Gasteiger partial charge on any atom is -0.489 e. The van der Waals surface area contributed by atoms with Gasteiger partial charge in [-0.1, -0.05) is 29.3 Å². The zero-order valence-electron chi connectivity index (χ0n) is 9.17. The van der Waals surface area contributed by atoms with Gasteiger partial charge in [0, 0.05) is 23.1 Å². The number of hydrogen-bond acceptors (Lipinski definition) is 2. The van der Waals surface area contributed by atoms with E-state index in [0.717, 1.165) is 13.1 Å². The van der Waals surface area contributed by atoms with Gasteiger partial charge in [-0.25, -0.2) is 0 Å². The zero-order chi connectivity index (χ0) is 12.0. The summed E-state index contributed by atoms with van der Waals surface area (Å²) in [5, 5.41) is 4.33. The van der Waals surface area contributed by atoms with Crippen LogP contribution in [0.4, 0.5) is 0 Å². The van der Waals surface area contributed by atoms with E-state index in [4.69, 9.17) is 27.9 Å². The second kappa shape index (κ2) is 6.79. The van der Waals surface area contributed by atoms with Gasteiger partial charge in [0.2, 0.25) is 0 Å². The molecule has 0 saturated carbocycles. The highest BCUT2D eigenvalue weighted by molar-refractivity contribution is 6.34. The summed E-state index contributed by atoms with van der Waals surface area (Å²) >= 11 is 11.7. The molecule has 0 aromatic heterocycles. The molecule has 88 valence electrons. The predicted molar refractivity (Wildman–Crippen MR) is 69.6 cm³/mol. The van der Waals surface area contributed by atoms with Gasteiger partial charge in [0.15, 0.2) is 0 Å². The number of benzene rings is 1. The van der Waals surface area contributed by atoms with Crippen molar-refractivity contribution < 1.29 is 4.74 Å². The lowest BCUT2D eigenvalue weighted by molar-refractivity contribution is 0.219. The molecule has 0 bridgehead atoms. The predicted octanol–water partition coefficient (Wildman–Crippen LogP) is 3.54. The van der Waals surface area contributed by atoms with E-state index in [1.54, 1.807) is 18.2 Å². The molecule has 1 unspecified atom stereocenters. The summed E-state index contributed by atoms with van der Waals surface area (Å²) in [6.07, 6.45) is 1.86. The van der Waals surface area contributed by atoms with Crippen LogP contribution in [0.25, 0.3) is 0 Å². The molecule has 0 radical (unpaired) electrons. The molecule has 1 atom stereocenters. The molecule has 1 aromatic rings. The van der Waals surface area contributed by atoms with E-state index >= 15 is 0 Å². The van der Waals surface area contributed by atoms with Gasteiger partial charge in [-0.3, -0.25) is 0 Å². The Morgan fingerprint density at radius 2 is 2.00 bits per heavy atom. The van der Waals surface area contributed by atoms with Gasteiger partial charge in [0.25, 0.3) is 0 Å². The van der Waals surface area contributed by atoms with E-state index in [9.17, 15) is 0 Å². The highest BCUT2D eigenvalue weighted by Crippen LogP contribution is 2.24. The Morgan fingerprint density at radius 3 is 2.56 bits per heavy atom. The van der Waals surface area contributed by atoms with Gasteiger partial charge in [0.1, 0.15) is 11.9 Å². The van der Waals surface area contributed by atoms with Gasteiger partial charge in [-0.2, -0.15) is 0 Å². The summed E-state index contributed by atoms with van der Waals surface area (Å²) in [5.74, 6) is 0.686. The van der Waals surface area contributed by atoms with Crippen LogP contribution in [0.1, 0.15) is 6.92 Å². The minimum atomic E-state index is 0.0504. The Hall–Kier alpha value is -0.700. The Labute approximate surface area is 106 Å². The number of rotatable bonds is 6. The van der Waals surface area contributed by atoms with Gasteiger partial charge in [-0.05, 0) is 25.1 Å². The molecular formula is C12H15Cl2NO. The van der Waals surface area contributed by atoms with Crippen molar-refractivity contribution in [1.82, 2.24) is 5.32 Å². The van der Waals surface area contributed by atoms with E-state index in [-0.39, 0.29) is 6.10 Å². The van der Waals surface area contributed by atoms with Crippen molar-refractivity contribution in [1.29, 1.82) is 0 Å². The normalized spacial score (nSPS) is 12.2. The van der Waals surface area contributed by atoms with Crippen molar-refractivity contribution in [3.63, 3.8) is 0 Å². The van der Waals surface area contributed by atoms with Gasteiger partial charge >= 0.3 is 0 Å². The lowest BCUT2D eigenvalue weighted by atomic mass is 10.3. The maximum Gasteiger partial charge on any atom is 0.122 e. The highest BCUT2D eigenvalue weighted by Gasteiger charge is 2.05. The molecule has 0 aliphatic rings. The molecule has 0 saturated heterocycles. The van der Waals surface area contributed by atoms with Crippen LogP contribution in [0.3, 0.4) is 0 Å². The average Bonchev–Trinajstić information content (AvgIpc) is 2.16. The first kappa shape index (κ1) is 13.4. The number of hydrogen-bond donors (Lipinski definition) is 1. The molecule has 0 amide bonds. The van der Waals surface area contributed by atoms with Crippen molar-refractivity contribution in [2.45, 2.75) is 13.0 Å². The molecular weight excluding hydrogens is 245 g/mol. The van der Waals surface area contributed by atoms with Gasteiger partial charge in [-0.15, -0.1) is 6.58 Å². The van der Waals surface area contributed by atoms with Gasteiger partial charge in [0.05, 0.1) is 0 Å². The maximum atomic E-state index is 5.87. The van der Waals surface area contributed by atoms with Crippen LogP contribution in [0.15, 0.2) is 30.9 Å². The molecule has 16 heavy (non-hydrogen) atoms. The van der Waals surface area contributed by atoms with E-state index in [1.807, 2.05) is 13.0 Å². The largest absolute Gasteiger partial charge is 0.489 e. The summed E-state index contributed by atoms with van der Waals surface area (Å²) in [4.78, 5) is 0. The molecule has 4 heteroatoms. The Morgan fingerprint density at radius 1 is 1.38 bits per heavy atom. The topological polar surface area (TPSA) is 21.3 Å². The molecule has 0 heterocycles. The van der Waals surface area contributed by atoms with Crippen LogP contribution >= 0.6 is 23.2 Å². The van der Waals surface area contributed by atoms with Crippen LogP contribution in [0, 0.1) is 0 Å². The fourth-order valence-corrected chi connectivity index (χ4v) is 1.77. The number of halogens is 2. The minimum absolute atomic E-state index is 0.0504. The maximum absolute atomic E-state index is 5.87. The molecule has 0 aliphatic carbocycles. The third-order valence-corrected chi connectivity index (χ3v) is 2.33. The van der Waals surface area contributed by atoms with Crippen molar-refractivity contribution in [3.05, 3.63) is 40.9 Å². The second-order valence-electron chi connectivity index (χ2n) is 3.48. The Balaban J connectivity index is 2.48. The van der Waals surface area contributed by atoms with Crippen molar-refractivity contribution >= 4 is 23.2 Å². The summed E-state index contributed by atoms with van der Waals surface area (Å²) < 4.78 is 5.66. The fourth-order valence-electron chi connectivity index (χ4n) is 1.26. The third kappa shape index (κ3) is 4.88. The molecule has 0 spiro atoms. The van der Waals surface area contributed by atoms with E-state index in [2.05, 4.69) is 11.9 Å². The molecule has 1 aromatic carbocycles. The number of nitrogens with one attached hydrogen (secondary N) is 1.